The lowest BCUT2D eigenvalue weighted by molar-refractivity contribution is -0.161. The van der Waals surface area contributed by atoms with Gasteiger partial charge in [-0.15, -0.1) is 0 Å². The number of hydrogen-bond donors (Lipinski definition) is 3. The van der Waals surface area contributed by atoms with Gasteiger partial charge in [0.05, 0.1) is 26.4 Å². The highest BCUT2D eigenvalue weighted by atomic mass is 31.2. The monoisotopic (exact) mass is 1320 g/mol. The molecular formula is C71H138O17P2. The standard InChI is InChI=1S/C71H138O17P2/c1-9-63(7)49-41-33-25-18-15-16-20-28-38-46-54-71(76)87-66(57-81-68(73)51-43-35-26-22-21-24-32-40-48-62(5)6)59-85-89(77,78)83-55-65(72)56-84-90(79,80)86-60-67(58-82-69(74)52-44-36-30-29-34-42-50-64(8)10-2)88-70(75)53-45-37-27-19-14-12-11-13-17-23-31-39-47-61(3)4/h61-67,72H,9-60H2,1-8H3,(H,77,78)(H,79,80)/t63?,64?,65-,66-,67-/m1/s1. The predicted molar refractivity (Wildman–Crippen MR) is 363 cm³/mol. The van der Waals surface area contributed by atoms with Gasteiger partial charge in [0.25, 0.3) is 0 Å². The molecule has 3 N–H and O–H groups in total. The number of esters is 4. The first kappa shape index (κ1) is 88.1. The van der Waals surface area contributed by atoms with Crippen LogP contribution in [0.15, 0.2) is 0 Å². The van der Waals surface area contributed by atoms with Gasteiger partial charge >= 0.3 is 39.5 Å². The molecule has 4 unspecified atom stereocenters. The van der Waals surface area contributed by atoms with Gasteiger partial charge in [0, 0.05) is 25.7 Å². The van der Waals surface area contributed by atoms with E-state index >= 15 is 0 Å². The molecule has 0 spiro atoms. The fraction of sp³-hybridized carbons (Fsp3) is 0.944. The Balaban J connectivity index is 5.26. The SMILES string of the molecule is CCC(C)CCCCCCCCCCCCC(=O)O[C@H](COC(=O)CCCCCCCCCCC(C)C)COP(=O)(O)OC[C@@H](O)COP(=O)(O)OC[C@@H](COC(=O)CCCCCCCCC(C)CC)OC(=O)CCCCCCCCCCCCCCC(C)C. The van der Waals surface area contributed by atoms with Crippen LogP contribution in [0.2, 0.25) is 0 Å². The highest BCUT2D eigenvalue weighted by Crippen LogP contribution is 2.45. The van der Waals surface area contributed by atoms with Crippen LogP contribution in [0.1, 0.15) is 351 Å². The molecule has 0 radical (unpaired) electrons. The molecule has 0 heterocycles. The van der Waals surface area contributed by atoms with Gasteiger partial charge in [0.1, 0.15) is 19.3 Å². The minimum Gasteiger partial charge on any atom is -0.462 e. The Morgan fingerprint density at radius 2 is 0.533 bits per heavy atom. The van der Waals surface area contributed by atoms with Gasteiger partial charge in [0.2, 0.25) is 0 Å². The highest BCUT2D eigenvalue weighted by molar-refractivity contribution is 7.47. The summed E-state index contributed by atoms with van der Waals surface area (Å²) < 4.78 is 68.3. The second-order valence-electron chi connectivity index (χ2n) is 27.1. The Morgan fingerprint density at radius 3 is 0.789 bits per heavy atom. The summed E-state index contributed by atoms with van der Waals surface area (Å²) in [6, 6.07) is 0. The van der Waals surface area contributed by atoms with E-state index < -0.39 is 97.5 Å². The summed E-state index contributed by atoms with van der Waals surface area (Å²) in [4.78, 5) is 72.6. The minimum atomic E-state index is -4.95. The molecule has 0 aliphatic heterocycles. The number of carbonyl (C=O) groups is 4. The Morgan fingerprint density at radius 1 is 0.311 bits per heavy atom. The molecule has 0 aromatic heterocycles. The maximum Gasteiger partial charge on any atom is 0.472 e. The van der Waals surface area contributed by atoms with Gasteiger partial charge in [-0.1, -0.05) is 299 Å². The van der Waals surface area contributed by atoms with Gasteiger partial charge in [-0.2, -0.15) is 0 Å². The molecule has 90 heavy (non-hydrogen) atoms. The number of aliphatic hydroxyl groups excluding tert-OH is 1. The number of aliphatic hydroxyl groups is 1. The lowest BCUT2D eigenvalue weighted by Gasteiger charge is -2.21. The molecule has 0 bridgehead atoms. The van der Waals surface area contributed by atoms with E-state index in [1.165, 1.54) is 148 Å². The number of ether oxygens (including phenoxy) is 4. The quantitative estimate of drug-likeness (QED) is 0.0222. The Labute approximate surface area is 549 Å². The van der Waals surface area contributed by atoms with Crippen LogP contribution in [0.5, 0.6) is 0 Å². The summed E-state index contributed by atoms with van der Waals surface area (Å²) in [6.07, 6.45) is 43.0. The van der Waals surface area contributed by atoms with Crippen molar-refractivity contribution in [1.29, 1.82) is 0 Å². The van der Waals surface area contributed by atoms with Crippen molar-refractivity contribution < 1.29 is 80.2 Å². The zero-order chi connectivity index (χ0) is 66.8. The minimum absolute atomic E-state index is 0.105. The third-order valence-electron chi connectivity index (χ3n) is 17.0. The molecule has 17 nitrogen and oxygen atoms in total. The molecule has 0 aromatic rings. The summed E-state index contributed by atoms with van der Waals surface area (Å²) in [5.41, 5.74) is 0. The van der Waals surface area contributed by atoms with Crippen LogP contribution in [-0.4, -0.2) is 96.7 Å². The van der Waals surface area contributed by atoms with Crippen molar-refractivity contribution in [3.05, 3.63) is 0 Å². The number of rotatable bonds is 68. The number of carbonyl (C=O) groups excluding carboxylic acids is 4. The Kier molecular flexibility index (Phi) is 59.4. The maximum absolute atomic E-state index is 13.0. The summed E-state index contributed by atoms with van der Waals surface area (Å²) in [6.45, 7) is 14.1. The predicted octanol–water partition coefficient (Wildman–Crippen LogP) is 20.1. The first-order valence-electron chi connectivity index (χ1n) is 36.8. The van der Waals surface area contributed by atoms with E-state index in [1.807, 2.05) is 0 Å². The molecule has 7 atom stereocenters. The largest absolute Gasteiger partial charge is 0.472 e. The van der Waals surface area contributed by atoms with Crippen molar-refractivity contribution in [3.8, 4) is 0 Å². The van der Waals surface area contributed by atoms with Crippen LogP contribution < -0.4 is 0 Å². The second-order valence-corrected chi connectivity index (χ2v) is 30.0. The molecule has 534 valence electrons. The van der Waals surface area contributed by atoms with Crippen LogP contribution in [0.25, 0.3) is 0 Å². The Hall–Kier alpha value is -1.94. The van der Waals surface area contributed by atoms with Crippen molar-refractivity contribution >= 4 is 39.5 Å². The van der Waals surface area contributed by atoms with E-state index in [2.05, 4.69) is 55.4 Å². The maximum atomic E-state index is 13.0. The smallest absolute Gasteiger partial charge is 0.462 e. The van der Waals surface area contributed by atoms with E-state index in [-0.39, 0.29) is 25.7 Å². The van der Waals surface area contributed by atoms with E-state index in [9.17, 15) is 43.2 Å². The third kappa shape index (κ3) is 62.2. The fourth-order valence-corrected chi connectivity index (χ4v) is 12.2. The zero-order valence-electron chi connectivity index (χ0n) is 58.8. The molecule has 0 amide bonds. The van der Waals surface area contributed by atoms with Crippen molar-refractivity contribution in [1.82, 2.24) is 0 Å². The zero-order valence-corrected chi connectivity index (χ0v) is 60.6. The van der Waals surface area contributed by atoms with Gasteiger partial charge in [-0.05, 0) is 49.4 Å². The van der Waals surface area contributed by atoms with Gasteiger partial charge in [0.15, 0.2) is 12.2 Å². The molecular weight excluding hydrogens is 1190 g/mol. The first-order chi connectivity index (χ1) is 43.2. The number of phosphoric ester groups is 2. The third-order valence-corrected chi connectivity index (χ3v) is 18.9. The first-order valence-corrected chi connectivity index (χ1v) is 39.8. The summed E-state index contributed by atoms with van der Waals surface area (Å²) in [7, 11) is -9.91. The molecule has 0 aromatic carbocycles. The van der Waals surface area contributed by atoms with E-state index in [0.717, 1.165) is 120 Å². The van der Waals surface area contributed by atoms with Crippen molar-refractivity contribution in [2.45, 2.75) is 369 Å². The number of hydrogen-bond acceptors (Lipinski definition) is 15. The summed E-state index contributed by atoms with van der Waals surface area (Å²) >= 11 is 0. The van der Waals surface area contributed by atoms with E-state index in [1.54, 1.807) is 0 Å². The lowest BCUT2D eigenvalue weighted by atomic mass is 9.99. The van der Waals surface area contributed by atoms with Gasteiger partial charge < -0.3 is 33.8 Å². The summed E-state index contributed by atoms with van der Waals surface area (Å²) in [5, 5.41) is 10.6. The topological polar surface area (TPSA) is 237 Å². The van der Waals surface area contributed by atoms with Gasteiger partial charge in [-0.25, -0.2) is 9.13 Å². The summed E-state index contributed by atoms with van der Waals surface area (Å²) in [5.74, 6) is 0.908. The van der Waals surface area contributed by atoms with Crippen LogP contribution in [0.4, 0.5) is 0 Å². The van der Waals surface area contributed by atoms with E-state index in [0.29, 0.717) is 25.7 Å². The van der Waals surface area contributed by atoms with Crippen molar-refractivity contribution in [2.24, 2.45) is 23.7 Å². The van der Waals surface area contributed by atoms with Crippen LogP contribution in [0, 0.1) is 23.7 Å². The van der Waals surface area contributed by atoms with E-state index in [4.69, 9.17) is 37.0 Å². The fourth-order valence-electron chi connectivity index (χ4n) is 10.6. The second kappa shape index (κ2) is 60.7. The lowest BCUT2D eigenvalue weighted by Crippen LogP contribution is -2.30. The van der Waals surface area contributed by atoms with Crippen LogP contribution in [0.3, 0.4) is 0 Å². The molecule has 0 aliphatic rings. The molecule has 19 heteroatoms. The van der Waals surface area contributed by atoms with Crippen molar-refractivity contribution in [2.75, 3.05) is 39.6 Å². The average Bonchev–Trinajstić information content (AvgIpc) is 3.29. The number of phosphoric acid groups is 2. The van der Waals surface area contributed by atoms with Gasteiger partial charge in [-0.3, -0.25) is 37.3 Å². The average molecular weight is 1330 g/mol. The van der Waals surface area contributed by atoms with Crippen LogP contribution >= 0.6 is 15.6 Å². The molecule has 0 saturated carbocycles. The molecule has 0 saturated heterocycles. The number of unbranched alkanes of at least 4 members (excludes halogenated alkanes) is 32. The van der Waals surface area contributed by atoms with Crippen molar-refractivity contribution in [3.63, 3.8) is 0 Å². The molecule has 0 fully saturated rings. The Bertz CT molecular complexity index is 1790. The normalized spacial score (nSPS) is 14.9. The molecule has 0 aliphatic carbocycles. The highest BCUT2D eigenvalue weighted by Gasteiger charge is 2.30. The van der Waals surface area contributed by atoms with Crippen LogP contribution in [-0.2, 0) is 65.4 Å². The molecule has 0 rings (SSSR count).